The molecule has 3 unspecified atom stereocenters. The summed E-state index contributed by atoms with van der Waals surface area (Å²) in [6, 6.07) is 0. The lowest BCUT2D eigenvalue weighted by molar-refractivity contribution is -0.140. The highest BCUT2D eigenvalue weighted by Crippen LogP contribution is 2.58. The lowest BCUT2D eigenvalue weighted by atomic mass is 10.1. The summed E-state index contributed by atoms with van der Waals surface area (Å²) < 4.78 is 5.29. The fraction of sp³-hybridized carbons (Fsp3) is 0.833. The van der Waals surface area contributed by atoms with Crippen LogP contribution in [0.25, 0.3) is 0 Å². The second-order valence-electron chi connectivity index (χ2n) is 5.13. The van der Waals surface area contributed by atoms with Gasteiger partial charge in [-0.1, -0.05) is 13.8 Å². The maximum Gasteiger partial charge on any atom is 0.307 e. The van der Waals surface area contributed by atoms with Gasteiger partial charge in [0.25, 0.3) is 0 Å². The average molecular weight is 243 g/mol. The molecular weight excluding hydrogens is 222 g/mol. The van der Waals surface area contributed by atoms with Crippen LogP contribution in [0, 0.1) is 17.3 Å². The van der Waals surface area contributed by atoms with Crippen molar-refractivity contribution in [2.45, 2.75) is 33.8 Å². The Kier molecular flexibility index (Phi) is 4.14. The van der Waals surface area contributed by atoms with Crippen molar-refractivity contribution in [1.82, 2.24) is 5.32 Å². The van der Waals surface area contributed by atoms with Gasteiger partial charge in [0.15, 0.2) is 0 Å². The van der Waals surface area contributed by atoms with Crippen LogP contribution in [0.4, 0.5) is 0 Å². The Bertz CT molecular complexity index is 314. The summed E-state index contributed by atoms with van der Waals surface area (Å²) in [6.07, 6.45) is -0.0471. The van der Waals surface area contributed by atoms with Crippen molar-refractivity contribution in [3.63, 3.8) is 0 Å². The third-order valence-electron chi connectivity index (χ3n) is 3.39. The molecule has 0 aromatic heterocycles. The molecule has 1 amide bonds. The summed E-state index contributed by atoms with van der Waals surface area (Å²) in [4.78, 5) is 22.7. The molecule has 0 heterocycles. The summed E-state index contributed by atoms with van der Waals surface area (Å²) in [5, 5.41) is 11.7. The van der Waals surface area contributed by atoms with Crippen LogP contribution in [0.2, 0.25) is 0 Å². The van der Waals surface area contributed by atoms with E-state index in [1.165, 1.54) is 0 Å². The second kappa shape index (κ2) is 5.04. The number of carboxylic acid groups (broad SMARTS) is 1. The van der Waals surface area contributed by atoms with Gasteiger partial charge < -0.3 is 15.2 Å². The number of hydrogen-bond donors (Lipinski definition) is 2. The number of ether oxygens (including phenoxy) is 1. The van der Waals surface area contributed by atoms with Crippen LogP contribution in [0.3, 0.4) is 0 Å². The van der Waals surface area contributed by atoms with Gasteiger partial charge in [-0.15, -0.1) is 0 Å². The van der Waals surface area contributed by atoms with Gasteiger partial charge in [0.05, 0.1) is 17.9 Å². The van der Waals surface area contributed by atoms with E-state index < -0.39 is 23.2 Å². The van der Waals surface area contributed by atoms with Crippen molar-refractivity contribution in [3.05, 3.63) is 0 Å². The standard InChI is InChI=1S/C12H21NO4/c1-5-17-7(2)6-13-10(14)8-9(11(15)16)12(8,3)4/h7-9H,5-6H2,1-4H3,(H,13,14)(H,15,16). The van der Waals surface area contributed by atoms with Crippen LogP contribution >= 0.6 is 0 Å². The van der Waals surface area contributed by atoms with Gasteiger partial charge in [-0.2, -0.15) is 0 Å². The minimum absolute atomic E-state index is 0.0471. The minimum atomic E-state index is -0.895. The molecule has 0 aliphatic heterocycles. The van der Waals surface area contributed by atoms with Crippen molar-refractivity contribution in [1.29, 1.82) is 0 Å². The second-order valence-corrected chi connectivity index (χ2v) is 5.13. The third kappa shape index (κ3) is 2.97. The molecular formula is C12H21NO4. The van der Waals surface area contributed by atoms with E-state index in [4.69, 9.17) is 9.84 Å². The molecule has 0 saturated heterocycles. The highest BCUT2D eigenvalue weighted by atomic mass is 16.5. The predicted octanol–water partition coefficient (Wildman–Crippen LogP) is 0.884. The Hall–Kier alpha value is -1.10. The quantitative estimate of drug-likeness (QED) is 0.726. The Morgan fingerprint density at radius 3 is 2.41 bits per heavy atom. The first-order chi connectivity index (χ1) is 7.82. The van der Waals surface area contributed by atoms with Crippen molar-refractivity contribution < 1.29 is 19.4 Å². The maximum absolute atomic E-state index is 11.8. The van der Waals surface area contributed by atoms with Crippen LogP contribution in [0.1, 0.15) is 27.7 Å². The molecule has 0 radical (unpaired) electrons. The van der Waals surface area contributed by atoms with Gasteiger partial charge in [0.1, 0.15) is 0 Å². The molecule has 3 atom stereocenters. The van der Waals surface area contributed by atoms with E-state index in [1.807, 2.05) is 27.7 Å². The molecule has 0 aromatic carbocycles. The molecule has 2 N–H and O–H groups in total. The van der Waals surface area contributed by atoms with Gasteiger partial charge in [0, 0.05) is 13.2 Å². The highest BCUT2D eigenvalue weighted by Gasteiger charge is 2.65. The Morgan fingerprint density at radius 1 is 1.41 bits per heavy atom. The molecule has 98 valence electrons. The Labute approximate surface area is 102 Å². The average Bonchev–Trinajstić information content (AvgIpc) is 2.79. The largest absolute Gasteiger partial charge is 0.481 e. The smallest absolute Gasteiger partial charge is 0.307 e. The fourth-order valence-electron chi connectivity index (χ4n) is 2.29. The first kappa shape index (κ1) is 14.0. The summed E-state index contributed by atoms with van der Waals surface area (Å²) in [6.45, 7) is 8.40. The molecule has 1 fully saturated rings. The van der Waals surface area contributed by atoms with E-state index in [-0.39, 0.29) is 12.0 Å². The molecule has 1 saturated carbocycles. The zero-order valence-corrected chi connectivity index (χ0v) is 10.8. The van der Waals surface area contributed by atoms with E-state index >= 15 is 0 Å². The first-order valence-corrected chi connectivity index (χ1v) is 5.94. The van der Waals surface area contributed by atoms with Crippen molar-refractivity contribution >= 4 is 11.9 Å². The topological polar surface area (TPSA) is 75.6 Å². The molecule has 1 aliphatic rings. The van der Waals surface area contributed by atoms with E-state index in [1.54, 1.807) is 0 Å². The summed E-state index contributed by atoms with van der Waals surface area (Å²) in [5.41, 5.74) is -0.440. The van der Waals surface area contributed by atoms with Crippen molar-refractivity contribution in [2.24, 2.45) is 17.3 Å². The van der Waals surface area contributed by atoms with E-state index in [0.717, 1.165) is 0 Å². The van der Waals surface area contributed by atoms with Crippen LogP contribution in [0.15, 0.2) is 0 Å². The Balaban J connectivity index is 2.43. The number of nitrogens with one attached hydrogen (secondary N) is 1. The molecule has 5 heteroatoms. The first-order valence-electron chi connectivity index (χ1n) is 5.94. The van der Waals surface area contributed by atoms with Gasteiger partial charge in [-0.3, -0.25) is 9.59 Å². The fourth-order valence-corrected chi connectivity index (χ4v) is 2.29. The van der Waals surface area contributed by atoms with E-state index in [2.05, 4.69) is 5.32 Å². The molecule has 17 heavy (non-hydrogen) atoms. The number of carbonyl (C=O) groups excluding carboxylic acids is 1. The molecule has 0 spiro atoms. The summed E-state index contributed by atoms with van der Waals surface area (Å²) in [5.74, 6) is -2.07. The monoisotopic (exact) mass is 243 g/mol. The molecule has 0 bridgehead atoms. The van der Waals surface area contributed by atoms with Crippen LogP contribution in [-0.2, 0) is 14.3 Å². The molecule has 1 rings (SSSR count). The number of hydrogen-bond acceptors (Lipinski definition) is 3. The lowest BCUT2D eigenvalue weighted by Crippen LogP contribution is -2.34. The van der Waals surface area contributed by atoms with E-state index in [0.29, 0.717) is 13.2 Å². The normalized spacial score (nSPS) is 27.3. The van der Waals surface area contributed by atoms with Crippen molar-refractivity contribution in [3.8, 4) is 0 Å². The summed E-state index contributed by atoms with van der Waals surface area (Å²) >= 11 is 0. The number of rotatable bonds is 6. The van der Waals surface area contributed by atoms with Crippen LogP contribution in [0.5, 0.6) is 0 Å². The number of amides is 1. The Morgan fingerprint density at radius 2 is 2.00 bits per heavy atom. The number of aliphatic carboxylic acids is 1. The SMILES string of the molecule is CCOC(C)CNC(=O)C1C(C(=O)O)C1(C)C. The van der Waals surface area contributed by atoms with Gasteiger partial charge in [-0.05, 0) is 19.3 Å². The van der Waals surface area contributed by atoms with Gasteiger partial charge in [-0.25, -0.2) is 0 Å². The molecule has 0 aromatic rings. The number of carboxylic acids is 1. The third-order valence-corrected chi connectivity index (χ3v) is 3.39. The summed E-state index contributed by atoms with van der Waals surface area (Å²) in [7, 11) is 0. The zero-order chi connectivity index (χ0) is 13.2. The number of carbonyl (C=O) groups is 2. The van der Waals surface area contributed by atoms with Gasteiger partial charge >= 0.3 is 5.97 Å². The van der Waals surface area contributed by atoms with Crippen molar-refractivity contribution in [2.75, 3.05) is 13.2 Å². The molecule has 1 aliphatic carbocycles. The minimum Gasteiger partial charge on any atom is -0.481 e. The zero-order valence-electron chi connectivity index (χ0n) is 10.8. The van der Waals surface area contributed by atoms with Crippen LogP contribution < -0.4 is 5.32 Å². The van der Waals surface area contributed by atoms with Gasteiger partial charge in [0.2, 0.25) is 5.91 Å². The van der Waals surface area contributed by atoms with Crippen LogP contribution in [-0.4, -0.2) is 36.2 Å². The lowest BCUT2D eigenvalue weighted by Gasteiger charge is -2.12. The maximum atomic E-state index is 11.8. The highest BCUT2D eigenvalue weighted by molar-refractivity contribution is 5.91. The van der Waals surface area contributed by atoms with E-state index in [9.17, 15) is 9.59 Å². The predicted molar refractivity (Wildman–Crippen MR) is 62.5 cm³/mol. The molecule has 5 nitrogen and oxygen atoms in total.